The van der Waals surface area contributed by atoms with E-state index >= 15 is 4.39 Å². The largest absolute Gasteiger partial charge is 0.444 e. The van der Waals surface area contributed by atoms with Crippen molar-refractivity contribution in [3.8, 4) is 17.2 Å². The minimum absolute atomic E-state index is 0.0187. The van der Waals surface area contributed by atoms with E-state index in [1.54, 1.807) is 23.1 Å². The molecular weight excluding hydrogens is 732 g/mol. The number of hydrogen-bond donors (Lipinski definition) is 2. The molecule has 4 bridgehead atoms. The number of amides is 2. The highest BCUT2D eigenvalue weighted by Crippen LogP contribution is 2.58. The number of hydrogen-bond acceptors (Lipinski definition) is 7. The van der Waals surface area contributed by atoms with E-state index in [1.807, 2.05) is 44.7 Å². The topological polar surface area (TPSA) is 132 Å². The maximum absolute atomic E-state index is 17.3. The number of aryl methyl sites for hydroxylation is 2. The van der Waals surface area contributed by atoms with Crippen molar-refractivity contribution in [2.75, 3.05) is 6.54 Å². The van der Waals surface area contributed by atoms with Crippen molar-refractivity contribution in [1.29, 1.82) is 5.26 Å². The van der Waals surface area contributed by atoms with Crippen molar-refractivity contribution < 1.29 is 28.9 Å². The number of fused-ring (bicyclic) bond motifs is 6. The number of ether oxygens (including phenoxy) is 1. The molecule has 54 heavy (non-hydrogen) atoms. The van der Waals surface area contributed by atoms with E-state index in [9.17, 15) is 25.1 Å². The number of aliphatic hydroxyl groups excluding tert-OH is 2. The molecule has 2 amide bonds. The van der Waals surface area contributed by atoms with Crippen molar-refractivity contribution in [1.82, 2.24) is 19.4 Å². The first kappa shape index (κ1) is 35.7. The molecule has 2 N–H and O–H groups in total. The summed E-state index contributed by atoms with van der Waals surface area (Å²) in [4.78, 5) is 36.1. The first-order valence-corrected chi connectivity index (χ1v) is 19.6. The van der Waals surface area contributed by atoms with Gasteiger partial charge in [0.2, 0.25) is 5.91 Å². The number of pyridine rings is 1. The fourth-order valence-corrected chi connectivity index (χ4v) is 10.4. The van der Waals surface area contributed by atoms with Crippen LogP contribution in [0, 0.1) is 41.8 Å². The van der Waals surface area contributed by atoms with E-state index in [0.29, 0.717) is 35.2 Å². The van der Waals surface area contributed by atoms with Gasteiger partial charge in [0.05, 0.1) is 51.9 Å². The van der Waals surface area contributed by atoms with Crippen molar-refractivity contribution in [3.05, 3.63) is 63.1 Å². The zero-order valence-corrected chi connectivity index (χ0v) is 32.0. The number of aromatic nitrogens is 2. The van der Waals surface area contributed by atoms with Gasteiger partial charge in [-0.05, 0) is 83.6 Å². The second kappa shape index (κ2) is 12.5. The molecule has 3 saturated heterocycles. The summed E-state index contributed by atoms with van der Waals surface area (Å²) in [5.41, 5.74) is 2.72. The molecule has 4 aromatic rings. The van der Waals surface area contributed by atoms with E-state index in [1.165, 1.54) is 0 Å². The molecule has 282 valence electrons. The fourth-order valence-electron chi connectivity index (χ4n) is 9.98. The summed E-state index contributed by atoms with van der Waals surface area (Å²) in [6.45, 7) is 7.83. The van der Waals surface area contributed by atoms with Gasteiger partial charge in [0.1, 0.15) is 17.2 Å². The lowest BCUT2D eigenvalue weighted by Gasteiger charge is -2.44. The molecule has 6 fully saturated rings. The average molecular weight is 775 g/mol. The Balaban J connectivity index is 1.31. The lowest BCUT2D eigenvalue weighted by atomic mass is 9.79. The lowest BCUT2D eigenvalue weighted by Crippen LogP contribution is -2.53. The molecule has 10 nitrogen and oxygen atoms in total. The summed E-state index contributed by atoms with van der Waals surface area (Å²) in [6, 6.07) is 9.63. The van der Waals surface area contributed by atoms with E-state index in [0.717, 1.165) is 35.9 Å². The number of rotatable bonds is 6. The second-order valence-corrected chi connectivity index (χ2v) is 17.7. The zero-order chi connectivity index (χ0) is 38.1. The lowest BCUT2D eigenvalue weighted by molar-refractivity contribution is -0.146. The van der Waals surface area contributed by atoms with Gasteiger partial charge in [0, 0.05) is 64.0 Å². The number of carbonyl (C=O) groups excluding carboxylic acids is 2. The maximum Gasteiger partial charge on any atom is 0.410 e. The second-order valence-electron chi connectivity index (χ2n) is 16.9. The molecule has 2 aromatic carbocycles. The van der Waals surface area contributed by atoms with Crippen LogP contribution in [0.2, 0.25) is 10.0 Å². The summed E-state index contributed by atoms with van der Waals surface area (Å²) in [5.74, 6) is -1.09. The summed E-state index contributed by atoms with van der Waals surface area (Å²) < 4.78 is 25.4. The molecule has 10 rings (SSSR count). The Bertz CT molecular complexity index is 2310. The highest BCUT2D eigenvalue weighted by molar-refractivity contribution is 6.43. The first-order chi connectivity index (χ1) is 25.7. The summed E-state index contributed by atoms with van der Waals surface area (Å²) in [6.07, 6.45) is 0.699. The van der Waals surface area contributed by atoms with Crippen LogP contribution in [-0.4, -0.2) is 78.0 Å². The van der Waals surface area contributed by atoms with Crippen molar-refractivity contribution >= 4 is 57.0 Å². The number of nitriles is 1. The third kappa shape index (κ3) is 5.27. The number of halogens is 3. The van der Waals surface area contributed by atoms with Crippen LogP contribution in [0.1, 0.15) is 81.9 Å². The van der Waals surface area contributed by atoms with E-state index in [2.05, 4.69) is 10.6 Å². The molecule has 6 aliphatic rings. The Kier molecular flexibility index (Phi) is 8.29. The summed E-state index contributed by atoms with van der Waals surface area (Å²) in [5, 5.41) is 33.9. The predicted octanol–water partition coefficient (Wildman–Crippen LogP) is 7.65. The number of likely N-dealkylation sites (tertiary alicyclic amines) is 1. The molecule has 3 saturated carbocycles. The van der Waals surface area contributed by atoms with Gasteiger partial charge >= 0.3 is 6.09 Å². The van der Waals surface area contributed by atoms with Crippen LogP contribution in [-0.2, 0) is 16.0 Å². The summed E-state index contributed by atoms with van der Waals surface area (Å²) in [7, 11) is 0. The van der Waals surface area contributed by atoms with Crippen LogP contribution in [0.5, 0.6) is 0 Å². The third-order valence-corrected chi connectivity index (χ3v) is 13.3. The molecule has 3 aliphatic heterocycles. The minimum Gasteiger partial charge on any atom is -0.444 e. The molecule has 5 heterocycles. The number of carbonyl (C=O) groups is 2. The molecule has 13 heteroatoms. The SMILES string of the molecule is Cc1nc2c(F)c(-c3cccc(Cl)c3Cl)c(CCC#N)cc2c2c1cc([C@H]1[C@H]3C[C@H]([C@H](O)[C@@H]3O)N1C(=O)C1CC1)n2[C@H]1[C@@H]2C[C@H]1N(C(=O)OC(C)(C)C)C2. The Hall–Kier alpha value is -3.95. The smallest absolute Gasteiger partial charge is 0.410 e. The van der Waals surface area contributed by atoms with Gasteiger partial charge in [-0.15, -0.1) is 0 Å². The van der Waals surface area contributed by atoms with Gasteiger partial charge in [-0.2, -0.15) is 5.26 Å². The van der Waals surface area contributed by atoms with Crippen molar-refractivity contribution in [2.45, 2.75) is 108 Å². The van der Waals surface area contributed by atoms with E-state index in [-0.39, 0.29) is 63.8 Å². The minimum atomic E-state index is -1.05. The monoisotopic (exact) mass is 773 g/mol. The van der Waals surface area contributed by atoms with Gasteiger partial charge in [-0.1, -0.05) is 35.3 Å². The number of nitrogens with zero attached hydrogens (tertiary/aromatic N) is 5. The predicted molar refractivity (Wildman–Crippen MR) is 201 cm³/mol. The van der Waals surface area contributed by atoms with Gasteiger partial charge in [0.15, 0.2) is 5.82 Å². The van der Waals surface area contributed by atoms with Gasteiger partial charge < -0.3 is 29.3 Å². The molecule has 0 unspecified atom stereocenters. The standard InChI is InChI=1S/C41H42Cl2FN5O5/c1-18-23-15-28(36-25-16-29(38(51)37(25)50)49(36)39(52)19-10-11-19)48(34-21-14-27(34)47(17-21)40(53)54-41(2,3)4)35(23)24-13-20(7-6-12-45)30(32(44)33(24)46-18)22-8-5-9-26(42)31(22)43/h5,8-9,13,15,19,21,25,27,29,34,36-38,50-51H,6-7,10-11,14,16-17H2,1-4H3/t21-,25-,27-,29-,34+,36-,37-,38+/m1/s1. The molecule has 2 aromatic heterocycles. The molecule has 8 atom stereocenters. The van der Waals surface area contributed by atoms with E-state index in [4.69, 9.17) is 32.9 Å². The van der Waals surface area contributed by atoms with Crippen molar-refractivity contribution in [2.24, 2.45) is 17.8 Å². The number of aliphatic hydroxyl groups is 2. The highest BCUT2D eigenvalue weighted by Gasteiger charge is 2.62. The summed E-state index contributed by atoms with van der Waals surface area (Å²) >= 11 is 13.1. The van der Waals surface area contributed by atoms with Crippen LogP contribution in [0.4, 0.5) is 9.18 Å². The normalized spacial score (nSPS) is 28.6. The van der Waals surface area contributed by atoms with Gasteiger partial charge in [0.25, 0.3) is 0 Å². The van der Waals surface area contributed by atoms with Crippen molar-refractivity contribution in [3.63, 3.8) is 0 Å². The van der Waals surface area contributed by atoms with Crippen LogP contribution in [0.15, 0.2) is 30.3 Å². The Morgan fingerprint density at radius 3 is 2.56 bits per heavy atom. The quantitative estimate of drug-likeness (QED) is 0.206. The third-order valence-electron chi connectivity index (χ3n) is 12.5. The van der Waals surface area contributed by atoms with Crippen LogP contribution >= 0.6 is 23.2 Å². The zero-order valence-electron chi connectivity index (χ0n) is 30.5. The molecular formula is C41H42Cl2FN5O5. The number of benzene rings is 2. The highest BCUT2D eigenvalue weighted by atomic mass is 35.5. The molecule has 3 aliphatic carbocycles. The van der Waals surface area contributed by atoms with Crippen LogP contribution in [0.3, 0.4) is 0 Å². The Morgan fingerprint density at radius 2 is 1.85 bits per heavy atom. The van der Waals surface area contributed by atoms with Gasteiger partial charge in [-0.25, -0.2) is 14.2 Å². The fraction of sp³-hybridized carbons (Fsp3) is 0.512. The van der Waals surface area contributed by atoms with Crippen LogP contribution < -0.4 is 0 Å². The molecule has 0 radical (unpaired) electrons. The van der Waals surface area contributed by atoms with Crippen LogP contribution in [0.25, 0.3) is 32.9 Å². The van der Waals surface area contributed by atoms with Gasteiger partial charge in [-0.3, -0.25) is 4.79 Å². The maximum atomic E-state index is 17.3. The average Bonchev–Trinajstić information content (AvgIpc) is 3.38. The Labute approximate surface area is 322 Å². The van der Waals surface area contributed by atoms with E-state index < -0.39 is 47.7 Å². The first-order valence-electron chi connectivity index (χ1n) is 18.9. The molecule has 0 spiro atoms. The number of piperidine rings is 1. The Morgan fingerprint density at radius 1 is 1.09 bits per heavy atom.